The van der Waals surface area contributed by atoms with Crippen molar-refractivity contribution >= 4 is 0 Å². The van der Waals surface area contributed by atoms with Gasteiger partial charge in [0.1, 0.15) is 0 Å². The molecule has 140 valence electrons. The molecular weight excluding hydrogens is 321 g/mol. The van der Waals surface area contributed by atoms with Crippen LogP contribution in [-0.2, 0) is 0 Å². The van der Waals surface area contributed by atoms with Crippen LogP contribution in [0.5, 0.6) is 0 Å². The lowest BCUT2D eigenvalue weighted by Gasteiger charge is -2.29. The molecule has 1 heterocycles. The second-order valence-electron chi connectivity index (χ2n) is 7.91. The van der Waals surface area contributed by atoms with Crippen LogP contribution in [0.4, 0.5) is 4.39 Å². The molecule has 0 unspecified atom stereocenters. The Morgan fingerprint density at radius 1 is 0.846 bits per heavy atom. The predicted octanol–water partition coefficient (Wildman–Crippen LogP) is 7.52. The first-order chi connectivity index (χ1) is 12.8. The maximum Gasteiger partial charge on any atom is 0.212 e. The molecule has 1 nitrogen and oxygen atoms in total. The summed E-state index contributed by atoms with van der Waals surface area (Å²) in [7, 11) is 0. The number of hydrogen-bond acceptors (Lipinski definition) is 1. The summed E-state index contributed by atoms with van der Waals surface area (Å²) in [4.78, 5) is 3.75. The molecule has 3 rings (SSSR count). The molecule has 1 aromatic heterocycles. The fourth-order valence-corrected chi connectivity index (χ4v) is 4.32. The molecule has 0 aliphatic heterocycles. The predicted molar refractivity (Wildman–Crippen MR) is 108 cm³/mol. The maximum absolute atomic E-state index is 13.0. The van der Waals surface area contributed by atoms with Gasteiger partial charge >= 0.3 is 0 Å². The summed E-state index contributed by atoms with van der Waals surface area (Å²) >= 11 is 0. The number of hydrogen-bond donors (Lipinski definition) is 0. The molecule has 0 saturated heterocycles. The Bertz CT molecular complexity index is 639. The van der Waals surface area contributed by atoms with Crippen LogP contribution in [0.2, 0.25) is 0 Å². The molecule has 2 heteroatoms. The van der Waals surface area contributed by atoms with Gasteiger partial charge < -0.3 is 0 Å². The normalized spacial score (nSPS) is 20.2. The number of nitrogens with zero attached hydrogens (tertiary/aromatic N) is 1. The third-order valence-electron chi connectivity index (χ3n) is 6.01. The first-order valence-electron chi connectivity index (χ1n) is 10.5. The van der Waals surface area contributed by atoms with E-state index < -0.39 is 5.95 Å². The summed E-state index contributed by atoms with van der Waals surface area (Å²) in [6.07, 6.45) is 15.5. The highest BCUT2D eigenvalue weighted by molar-refractivity contribution is 5.62. The van der Waals surface area contributed by atoms with Gasteiger partial charge in [0.25, 0.3) is 0 Å². The fraction of sp³-hybridized carbons (Fsp3) is 0.542. The summed E-state index contributed by atoms with van der Waals surface area (Å²) in [5.41, 5.74) is 3.55. The Hall–Kier alpha value is -1.70. The summed E-state index contributed by atoms with van der Waals surface area (Å²) in [5, 5.41) is 0. The standard InChI is InChI=1S/C24H32FN/c1-2-3-4-5-6-7-19-8-10-20(11-9-19)21-12-14-22(15-13-21)23-16-17-24(25)26-18-23/h12-20H,2-11H2,1H3/t19-,20-. The van der Waals surface area contributed by atoms with Crippen molar-refractivity contribution in [3.8, 4) is 11.1 Å². The number of unbranched alkanes of at least 4 members (excludes halogenated alkanes) is 4. The summed E-state index contributed by atoms with van der Waals surface area (Å²) in [6, 6.07) is 12.0. The minimum absolute atomic E-state index is 0.424. The van der Waals surface area contributed by atoms with Gasteiger partial charge in [-0.1, -0.05) is 69.7 Å². The Morgan fingerprint density at radius 3 is 2.19 bits per heavy atom. The Morgan fingerprint density at radius 2 is 1.54 bits per heavy atom. The Labute approximate surface area is 158 Å². The van der Waals surface area contributed by atoms with Gasteiger partial charge in [-0.3, -0.25) is 0 Å². The van der Waals surface area contributed by atoms with Crippen molar-refractivity contribution in [1.82, 2.24) is 4.98 Å². The lowest BCUT2D eigenvalue weighted by molar-refractivity contribution is 0.302. The minimum atomic E-state index is -0.424. The van der Waals surface area contributed by atoms with E-state index >= 15 is 0 Å². The molecule has 1 aromatic carbocycles. The molecule has 1 saturated carbocycles. The Balaban J connectivity index is 1.46. The maximum atomic E-state index is 13.0. The average Bonchev–Trinajstić information content (AvgIpc) is 2.69. The molecule has 1 aliphatic rings. The van der Waals surface area contributed by atoms with Gasteiger partial charge in [-0.2, -0.15) is 4.39 Å². The van der Waals surface area contributed by atoms with Crippen molar-refractivity contribution in [2.45, 2.75) is 77.0 Å². The molecule has 1 aliphatic carbocycles. The molecule has 0 atom stereocenters. The van der Waals surface area contributed by atoms with E-state index in [1.807, 2.05) is 0 Å². The topological polar surface area (TPSA) is 12.9 Å². The van der Waals surface area contributed by atoms with Crippen molar-refractivity contribution in [3.63, 3.8) is 0 Å². The molecule has 2 aromatic rings. The monoisotopic (exact) mass is 353 g/mol. The minimum Gasteiger partial charge on any atom is -0.228 e. The number of benzene rings is 1. The number of aromatic nitrogens is 1. The smallest absolute Gasteiger partial charge is 0.212 e. The van der Waals surface area contributed by atoms with Crippen LogP contribution >= 0.6 is 0 Å². The molecule has 26 heavy (non-hydrogen) atoms. The second-order valence-corrected chi connectivity index (χ2v) is 7.91. The number of rotatable bonds is 8. The van der Waals surface area contributed by atoms with Crippen LogP contribution in [0.3, 0.4) is 0 Å². The largest absolute Gasteiger partial charge is 0.228 e. The summed E-state index contributed by atoms with van der Waals surface area (Å²) in [5.74, 6) is 1.25. The highest BCUT2D eigenvalue weighted by Gasteiger charge is 2.22. The highest BCUT2D eigenvalue weighted by atomic mass is 19.1. The average molecular weight is 354 g/mol. The quantitative estimate of drug-likeness (QED) is 0.353. The third-order valence-corrected chi connectivity index (χ3v) is 6.01. The summed E-state index contributed by atoms with van der Waals surface area (Å²) < 4.78 is 13.0. The van der Waals surface area contributed by atoms with Crippen molar-refractivity contribution < 1.29 is 4.39 Å². The summed E-state index contributed by atoms with van der Waals surface area (Å²) in [6.45, 7) is 2.28. The van der Waals surface area contributed by atoms with Gasteiger partial charge in [0, 0.05) is 11.8 Å². The zero-order chi connectivity index (χ0) is 18.2. The number of pyridine rings is 1. The van der Waals surface area contributed by atoms with E-state index in [0.717, 1.165) is 17.0 Å². The van der Waals surface area contributed by atoms with E-state index in [0.29, 0.717) is 5.92 Å². The van der Waals surface area contributed by atoms with Gasteiger partial charge in [-0.25, -0.2) is 4.98 Å². The van der Waals surface area contributed by atoms with Gasteiger partial charge in [-0.05, 0) is 60.8 Å². The van der Waals surface area contributed by atoms with E-state index in [9.17, 15) is 4.39 Å². The molecular formula is C24H32FN. The van der Waals surface area contributed by atoms with Crippen molar-refractivity contribution in [1.29, 1.82) is 0 Å². The molecule has 0 radical (unpaired) electrons. The van der Waals surface area contributed by atoms with E-state index in [1.165, 1.54) is 75.8 Å². The van der Waals surface area contributed by atoms with Crippen LogP contribution in [0.25, 0.3) is 11.1 Å². The molecule has 0 amide bonds. The van der Waals surface area contributed by atoms with Gasteiger partial charge in [0.2, 0.25) is 5.95 Å². The van der Waals surface area contributed by atoms with Gasteiger partial charge in [0.05, 0.1) is 0 Å². The van der Waals surface area contributed by atoms with E-state index in [4.69, 9.17) is 0 Å². The van der Waals surface area contributed by atoms with Crippen LogP contribution in [0.15, 0.2) is 42.6 Å². The van der Waals surface area contributed by atoms with E-state index in [2.05, 4.69) is 36.2 Å². The Kier molecular flexibility index (Phi) is 7.22. The van der Waals surface area contributed by atoms with Crippen LogP contribution in [-0.4, -0.2) is 4.98 Å². The van der Waals surface area contributed by atoms with Gasteiger partial charge in [0.15, 0.2) is 0 Å². The second kappa shape index (κ2) is 9.85. The molecule has 0 N–H and O–H groups in total. The number of halogens is 1. The van der Waals surface area contributed by atoms with E-state index in [1.54, 1.807) is 12.3 Å². The molecule has 0 bridgehead atoms. The first kappa shape index (κ1) is 19.1. The van der Waals surface area contributed by atoms with Crippen molar-refractivity contribution in [2.75, 3.05) is 0 Å². The molecule has 0 spiro atoms. The SMILES string of the molecule is CCCCCCC[C@H]1CC[C@H](c2ccc(-c3ccc(F)nc3)cc2)CC1. The lowest BCUT2D eigenvalue weighted by atomic mass is 9.77. The first-order valence-corrected chi connectivity index (χ1v) is 10.5. The van der Waals surface area contributed by atoms with Crippen LogP contribution in [0, 0.1) is 11.9 Å². The lowest BCUT2D eigenvalue weighted by Crippen LogP contribution is -2.13. The van der Waals surface area contributed by atoms with Gasteiger partial charge in [-0.15, -0.1) is 0 Å². The third kappa shape index (κ3) is 5.40. The van der Waals surface area contributed by atoms with E-state index in [-0.39, 0.29) is 0 Å². The van der Waals surface area contributed by atoms with Crippen LogP contribution in [0.1, 0.15) is 82.6 Å². The zero-order valence-corrected chi connectivity index (χ0v) is 16.1. The zero-order valence-electron chi connectivity index (χ0n) is 16.1. The highest BCUT2D eigenvalue weighted by Crippen LogP contribution is 2.38. The van der Waals surface area contributed by atoms with Crippen LogP contribution < -0.4 is 0 Å². The molecule has 1 fully saturated rings. The van der Waals surface area contributed by atoms with Crippen molar-refractivity contribution in [3.05, 3.63) is 54.1 Å². The van der Waals surface area contributed by atoms with Crippen molar-refractivity contribution in [2.24, 2.45) is 5.92 Å². The fourth-order valence-electron chi connectivity index (χ4n) is 4.32.